The predicted molar refractivity (Wildman–Crippen MR) is 67.7 cm³/mol. The minimum atomic E-state index is 0.819. The first-order valence-electron chi connectivity index (χ1n) is 5.48. The summed E-state index contributed by atoms with van der Waals surface area (Å²) in [5.74, 6) is 0. The molecule has 2 nitrogen and oxygen atoms in total. The monoisotopic (exact) mass is 268 g/mol. The van der Waals surface area contributed by atoms with Gasteiger partial charge in [0.15, 0.2) is 0 Å². The first kappa shape index (κ1) is 11.0. The fraction of sp³-hybridized carbons (Fsp3) is 0.500. The molecular weight excluding hydrogens is 252 g/mol. The highest BCUT2D eigenvalue weighted by molar-refractivity contribution is 9.10. The zero-order valence-electron chi connectivity index (χ0n) is 9.04. The first-order valence-corrected chi connectivity index (χ1v) is 6.28. The van der Waals surface area contributed by atoms with E-state index in [1.54, 1.807) is 0 Å². The summed E-state index contributed by atoms with van der Waals surface area (Å²) in [6, 6.07) is 7.06. The Bertz CT molecular complexity index is 347. The van der Waals surface area contributed by atoms with Crippen LogP contribution in [0.2, 0.25) is 0 Å². The summed E-state index contributed by atoms with van der Waals surface area (Å²) in [5.41, 5.74) is 8.01. The molecular formula is C12H17BrN2. The number of anilines is 1. The van der Waals surface area contributed by atoms with Crippen LogP contribution < -0.4 is 5.73 Å². The Morgan fingerprint density at radius 2 is 2.20 bits per heavy atom. The molecule has 0 aromatic heterocycles. The van der Waals surface area contributed by atoms with Gasteiger partial charge in [-0.15, -0.1) is 0 Å². The van der Waals surface area contributed by atoms with E-state index in [4.69, 9.17) is 5.73 Å². The van der Waals surface area contributed by atoms with Crippen LogP contribution >= 0.6 is 15.9 Å². The molecule has 0 atom stereocenters. The highest BCUT2D eigenvalue weighted by atomic mass is 79.9. The van der Waals surface area contributed by atoms with E-state index in [2.05, 4.69) is 39.9 Å². The molecule has 0 saturated heterocycles. The third kappa shape index (κ3) is 2.73. The van der Waals surface area contributed by atoms with E-state index in [9.17, 15) is 0 Å². The summed E-state index contributed by atoms with van der Waals surface area (Å²) in [5, 5.41) is 0. The lowest BCUT2D eigenvalue weighted by atomic mass is 10.2. The lowest BCUT2D eigenvalue weighted by Crippen LogP contribution is -2.25. The SMILES string of the molecule is CCN(Cc1ccc(Br)c(N)c1)C1CC1. The quantitative estimate of drug-likeness (QED) is 0.851. The van der Waals surface area contributed by atoms with Crippen LogP contribution in [0.1, 0.15) is 25.3 Å². The third-order valence-electron chi connectivity index (χ3n) is 2.92. The molecule has 15 heavy (non-hydrogen) atoms. The lowest BCUT2D eigenvalue weighted by molar-refractivity contribution is 0.269. The molecule has 0 aliphatic heterocycles. The van der Waals surface area contributed by atoms with Gasteiger partial charge >= 0.3 is 0 Å². The highest BCUT2D eigenvalue weighted by Gasteiger charge is 2.27. The Morgan fingerprint density at radius 3 is 2.73 bits per heavy atom. The molecule has 2 rings (SSSR count). The Labute approximate surface area is 99.6 Å². The molecule has 1 aromatic rings. The molecule has 82 valence electrons. The van der Waals surface area contributed by atoms with E-state index in [0.29, 0.717) is 0 Å². The molecule has 0 heterocycles. The first-order chi connectivity index (χ1) is 7.20. The second kappa shape index (κ2) is 4.54. The second-order valence-corrected chi connectivity index (χ2v) is 5.00. The summed E-state index contributed by atoms with van der Waals surface area (Å²) in [7, 11) is 0. The summed E-state index contributed by atoms with van der Waals surface area (Å²) in [6.07, 6.45) is 2.72. The number of nitrogen functional groups attached to an aromatic ring is 1. The molecule has 0 spiro atoms. The van der Waals surface area contributed by atoms with Crippen LogP contribution in [0.4, 0.5) is 5.69 Å². The molecule has 1 aliphatic carbocycles. The van der Waals surface area contributed by atoms with Gasteiger partial charge < -0.3 is 5.73 Å². The van der Waals surface area contributed by atoms with Crippen molar-refractivity contribution in [3.8, 4) is 0 Å². The van der Waals surface area contributed by atoms with Crippen molar-refractivity contribution in [2.24, 2.45) is 0 Å². The highest BCUT2D eigenvalue weighted by Crippen LogP contribution is 2.29. The summed E-state index contributed by atoms with van der Waals surface area (Å²) < 4.78 is 0.987. The fourth-order valence-electron chi connectivity index (χ4n) is 1.86. The van der Waals surface area contributed by atoms with Gasteiger partial charge in [-0.2, -0.15) is 0 Å². The minimum Gasteiger partial charge on any atom is -0.398 e. The summed E-state index contributed by atoms with van der Waals surface area (Å²) >= 11 is 3.42. The second-order valence-electron chi connectivity index (χ2n) is 4.15. The van der Waals surface area contributed by atoms with Crippen molar-refractivity contribution in [2.45, 2.75) is 32.4 Å². The minimum absolute atomic E-state index is 0.819. The van der Waals surface area contributed by atoms with E-state index in [1.165, 1.54) is 18.4 Å². The number of hydrogen-bond donors (Lipinski definition) is 1. The van der Waals surface area contributed by atoms with Gasteiger partial charge in [-0.3, -0.25) is 4.90 Å². The van der Waals surface area contributed by atoms with Crippen LogP contribution in [0, 0.1) is 0 Å². The normalized spacial score (nSPS) is 15.9. The van der Waals surface area contributed by atoms with Gasteiger partial charge in [-0.05, 0) is 53.0 Å². The van der Waals surface area contributed by atoms with E-state index in [1.807, 2.05) is 6.07 Å². The average molecular weight is 269 g/mol. The van der Waals surface area contributed by atoms with Gasteiger partial charge in [0.2, 0.25) is 0 Å². The van der Waals surface area contributed by atoms with E-state index < -0.39 is 0 Å². The van der Waals surface area contributed by atoms with Gasteiger partial charge in [0, 0.05) is 22.7 Å². The number of benzene rings is 1. The molecule has 0 amide bonds. The number of nitrogens with two attached hydrogens (primary N) is 1. The Morgan fingerprint density at radius 1 is 1.47 bits per heavy atom. The average Bonchev–Trinajstić information content (AvgIpc) is 3.03. The van der Waals surface area contributed by atoms with Crippen molar-refractivity contribution in [3.63, 3.8) is 0 Å². The molecule has 1 aromatic carbocycles. The van der Waals surface area contributed by atoms with E-state index in [0.717, 1.165) is 29.3 Å². The fourth-order valence-corrected chi connectivity index (χ4v) is 2.11. The van der Waals surface area contributed by atoms with Gasteiger partial charge in [0.25, 0.3) is 0 Å². The van der Waals surface area contributed by atoms with Gasteiger partial charge in [-0.25, -0.2) is 0 Å². The maximum atomic E-state index is 5.86. The topological polar surface area (TPSA) is 29.3 Å². The van der Waals surface area contributed by atoms with E-state index >= 15 is 0 Å². The van der Waals surface area contributed by atoms with Crippen molar-refractivity contribution in [1.82, 2.24) is 4.90 Å². The number of rotatable bonds is 4. The maximum Gasteiger partial charge on any atom is 0.0461 e. The molecule has 2 N–H and O–H groups in total. The van der Waals surface area contributed by atoms with Gasteiger partial charge in [-0.1, -0.05) is 13.0 Å². The van der Waals surface area contributed by atoms with Crippen molar-refractivity contribution in [3.05, 3.63) is 28.2 Å². The summed E-state index contributed by atoms with van der Waals surface area (Å²) in [6.45, 7) is 4.37. The van der Waals surface area contributed by atoms with Crippen LogP contribution in [-0.4, -0.2) is 17.5 Å². The third-order valence-corrected chi connectivity index (χ3v) is 3.64. The largest absolute Gasteiger partial charge is 0.398 e. The van der Waals surface area contributed by atoms with Crippen molar-refractivity contribution >= 4 is 21.6 Å². The molecule has 1 aliphatic rings. The Balaban J connectivity index is 2.05. The van der Waals surface area contributed by atoms with Gasteiger partial charge in [0.1, 0.15) is 0 Å². The molecule has 3 heteroatoms. The molecule has 0 radical (unpaired) electrons. The maximum absolute atomic E-state index is 5.86. The van der Waals surface area contributed by atoms with E-state index in [-0.39, 0.29) is 0 Å². The van der Waals surface area contributed by atoms with Crippen LogP contribution in [0.3, 0.4) is 0 Å². The number of halogens is 1. The standard InChI is InChI=1S/C12H17BrN2/c1-2-15(10-4-5-10)8-9-3-6-11(13)12(14)7-9/h3,6-7,10H,2,4-5,8,14H2,1H3. The molecule has 1 saturated carbocycles. The zero-order chi connectivity index (χ0) is 10.8. The predicted octanol–water partition coefficient (Wildman–Crippen LogP) is 3.02. The van der Waals surface area contributed by atoms with Crippen LogP contribution in [0.5, 0.6) is 0 Å². The van der Waals surface area contributed by atoms with Gasteiger partial charge in [0.05, 0.1) is 0 Å². The Hall–Kier alpha value is -0.540. The lowest BCUT2D eigenvalue weighted by Gasteiger charge is -2.20. The van der Waals surface area contributed by atoms with Crippen LogP contribution in [0.15, 0.2) is 22.7 Å². The summed E-state index contributed by atoms with van der Waals surface area (Å²) in [4.78, 5) is 2.52. The van der Waals surface area contributed by atoms with Crippen molar-refractivity contribution in [1.29, 1.82) is 0 Å². The van der Waals surface area contributed by atoms with Crippen LogP contribution in [0.25, 0.3) is 0 Å². The van der Waals surface area contributed by atoms with Crippen LogP contribution in [-0.2, 0) is 6.54 Å². The number of nitrogens with zero attached hydrogens (tertiary/aromatic N) is 1. The van der Waals surface area contributed by atoms with Crippen molar-refractivity contribution < 1.29 is 0 Å². The molecule has 0 unspecified atom stereocenters. The molecule has 1 fully saturated rings. The zero-order valence-corrected chi connectivity index (χ0v) is 10.6. The molecule has 0 bridgehead atoms. The smallest absolute Gasteiger partial charge is 0.0461 e. The Kier molecular flexibility index (Phi) is 3.32. The number of hydrogen-bond acceptors (Lipinski definition) is 2. The van der Waals surface area contributed by atoms with Crippen molar-refractivity contribution in [2.75, 3.05) is 12.3 Å².